The SMILES string of the molecule is CCCCCC(=O)Oc1cccc2[nH]cc(CCN(C)C)c12. The second-order valence-corrected chi connectivity index (χ2v) is 5.98. The van der Waals surface area contributed by atoms with Crippen LogP contribution in [0.25, 0.3) is 10.9 Å². The second-order valence-electron chi connectivity index (χ2n) is 5.98. The molecule has 120 valence electrons. The van der Waals surface area contributed by atoms with Crippen molar-refractivity contribution in [1.82, 2.24) is 9.88 Å². The number of carbonyl (C=O) groups excluding carboxylic acids is 1. The molecule has 0 saturated carbocycles. The minimum atomic E-state index is -0.138. The molecule has 4 nitrogen and oxygen atoms in total. The molecule has 1 aromatic heterocycles. The van der Waals surface area contributed by atoms with Gasteiger partial charge in [-0.05, 0) is 44.6 Å². The Labute approximate surface area is 132 Å². The van der Waals surface area contributed by atoms with Gasteiger partial charge in [-0.25, -0.2) is 0 Å². The van der Waals surface area contributed by atoms with E-state index < -0.39 is 0 Å². The van der Waals surface area contributed by atoms with Crippen molar-refractivity contribution in [3.63, 3.8) is 0 Å². The zero-order valence-electron chi connectivity index (χ0n) is 13.8. The number of fused-ring (bicyclic) bond motifs is 1. The lowest BCUT2D eigenvalue weighted by atomic mass is 10.1. The fourth-order valence-corrected chi connectivity index (χ4v) is 2.54. The van der Waals surface area contributed by atoms with Gasteiger partial charge in [0, 0.05) is 30.1 Å². The van der Waals surface area contributed by atoms with E-state index in [2.05, 4.69) is 30.9 Å². The summed E-state index contributed by atoms with van der Waals surface area (Å²) < 4.78 is 5.61. The van der Waals surface area contributed by atoms with E-state index in [1.807, 2.05) is 24.4 Å². The van der Waals surface area contributed by atoms with Crippen LogP contribution in [0.1, 0.15) is 38.2 Å². The number of H-pyrrole nitrogens is 1. The molecule has 2 aromatic rings. The van der Waals surface area contributed by atoms with Gasteiger partial charge in [-0.3, -0.25) is 4.79 Å². The van der Waals surface area contributed by atoms with Gasteiger partial charge in [0.15, 0.2) is 0 Å². The lowest BCUT2D eigenvalue weighted by molar-refractivity contribution is -0.134. The molecule has 0 bridgehead atoms. The number of carbonyl (C=O) groups is 1. The van der Waals surface area contributed by atoms with Crippen molar-refractivity contribution in [2.45, 2.75) is 39.0 Å². The van der Waals surface area contributed by atoms with Crippen molar-refractivity contribution in [3.05, 3.63) is 30.0 Å². The van der Waals surface area contributed by atoms with Gasteiger partial charge in [-0.15, -0.1) is 0 Å². The molecule has 0 unspecified atom stereocenters. The molecule has 0 fully saturated rings. The molecule has 2 rings (SSSR count). The third-order valence-electron chi connectivity index (χ3n) is 3.79. The Morgan fingerprint density at radius 1 is 1.27 bits per heavy atom. The first-order valence-electron chi connectivity index (χ1n) is 8.06. The number of hydrogen-bond donors (Lipinski definition) is 1. The molecular weight excluding hydrogens is 276 g/mol. The summed E-state index contributed by atoms with van der Waals surface area (Å²) >= 11 is 0. The first kappa shape index (κ1) is 16.6. The molecule has 0 saturated heterocycles. The number of esters is 1. The van der Waals surface area contributed by atoms with E-state index in [4.69, 9.17) is 4.74 Å². The number of aromatic nitrogens is 1. The van der Waals surface area contributed by atoms with Crippen molar-refractivity contribution >= 4 is 16.9 Å². The molecule has 1 heterocycles. The number of likely N-dealkylation sites (N-methyl/N-ethyl adjacent to an activating group) is 1. The number of unbranched alkanes of at least 4 members (excludes halogenated alkanes) is 2. The molecule has 0 radical (unpaired) electrons. The smallest absolute Gasteiger partial charge is 0.311 e. The minimum absolute atomic E-state index is 0.138. The lowest BCUT2D eigenvalue weighted by Crippen LogP contribution is -2.15. The summed E-state index contributed by atoms with van der Waals surface area (Å²) in [5.74, 6) is 0.537. The predicted octanol–water partition coefficient (Wildman–Crippen LogP) is 3.76. The monoisotopic (exact) mass is 302 g/mol. The summed E-state index contributed by atoms with van der Waals surface area (Å²) in [6, 6.07) is 5.82. The Kier molecular flexibility index (Phi) is 6.01. The molecule has 0 spiro atoms. The maximum atomic E-state index is 12.0. The van der Waals surface area contributed by atoms with Gasteiger partial charge in [-0.1, -0.05) is 25.8 Å². The van der Waals surface area contributed by atoms with Crippen LogP contribution in [0.15, 0.2) is 24.4 Å². The quantitative estimate of drug-likeness (QED) is 0.459. The molecule has 0 aliphatic rings. The van der Waals surface area contributed by atoms with Crippen LogP contribution in [-0.2, 0) is 11.2 Å². The fourth-order valence-electron chi connectivity index (χ4n) is 2.54. The van der Waals surface area contributed by atoms with Crippen LogP contribution >= 0.6 is 0 Å². The van der Waals surface area contributed by atoms with Crippen molar-refractivity contribution < 1.29 is 9.53 Å². The molecule has 1 N–H and O–H groups in total. The van der Waals surface area contributed by atoms with E-state index >= 15 is 0 Å². The van der Waals surface area contributed by atoms with E-state index in [0.29, 0.717) is 12.2 Å². The first-order valence-corrected chi connectivity index (χ1v) is 8.06. The summed E-state index contributed by atoms with van der Waals surface area (Å²) in [5.41, 5.74) is 2.22. The molecule has 1 aromatic carbocycles. The maximum absolute atomic E-state index is 12.0. The van der Waals surface area contributed by atoms with Gasteiger partial charge < -0.3 is 14.6 Å². The van der Waals surface area contributed by atoms with Gasteiger partial charge in [0.2, 0.25) is 0 Å². The largest absolute Gasteiger partial charge is 0.426 e. The first-order chi connectivity index (χ1) is 10.6. The van der Waals surface area contributed by atoms with E-state index in [1.165, 1.54) is 5.56 Å². The predicted molar refractivity (Wildman–Crippen MR) is 90.3 cm³/mol. The maximum Gasteiger partial charge on any atom is 0.311 e. The summed E-state index contributed by atoms with van der Waals surface area (Å²) in [6.45, 7) is 3.09. The number of hydrogen-bond acceptors (Lipinski definition) is 3. The third kappa shape index (κ3) is 4.34. The van der Waals surface area contributed by atoms with E-state index in [9.17, 15) is 4.79 Å². The number of benzene rings is 1. The van der Waals surface area contributed by atoms with Crippen LogP contribution < -0.4 is 4.74 Å². The highest BCUT2D eigenvalue weighted by Crippen LogP contribution is 2.29. The third-order valence-corrected chi connectivity index (χ3v) is 3.79. The zero-order valence-corrected chi connectivity index (χ0v) is 13.8. The van der Waals surface area contributed by atoms with Gasteiger partial charge in [0.25, 0.3) is 0 Å². The lowest BCUT2D eigenvalue weighted by Gasteiger charge is -2.10. The van der Waals surface area contributed by atoms with Gasteiger partial charge >= 0.3 is 5.97 Å². The van der Waals surface area contributed by atoms with Crippen molar-refractivity contribution in [2.75, 3.05) is 20.6 Å². The van der Waals surface area contributed by atoms with Crippen LogP contribution in [-0.4, -0.2) is 36.5 Å². The Hall–Kier alpha value is -1.81. The highest BCUT2D eigenvalue weighted by atomic mass is 16.5. The van der Waals surface area contributed by atoms with Crippen molar-refractivity contribution in [2.24, 2.45) is 0 Å². The summed E-state index contributed by atoms with van der Waals surface area (Å²) in [7, 11) is 4.12. The highest BCUT2D eigenvalue weighted by molar-refractivity contribution is 5.91. The number of nitrogens with zero attached hydrogens (tertiary/aromatic N) is 1. The Bertz CT molecular complexity index is 617. The van der Waals surface area contributed by atoms with E-state index in [0.717, 1.165) is 43.1 Å². The van der Waals surface area contributed by atoms with Crippen LogP contribution in [0.4, 0.5) is 0 Å². The molecule has 0 aliphatic heterocycles. The van der Waals surface area contributed by atoms with Crippen molar-refractivity contribution in [3.8, 4) is 5.75 Å². The number of rotatable bonds is 8. The average Bonchev–Trinajstić information content (AvgIpc) is 2.89. The molecular formula is C18H26N2O2. The normalized spacial score (nSPS) is 11.3. The highest BCUT2D eigenvalue weighted by Gasteiger charge is 2.13. The minimum Gasteiger partial charge on any atom is -0.426 e. The van der Waals surface area contributed by atoms with Crippen LogP contribution in [0.5, 0.6) is 5.75 Å². The standard InChI is InChI=1S/C18H26N2O2/c1-4-5-6-10-17(21)22-16-9-7-8-15-18(16)14(13-19-15)11-12-20(2)3/h7-9,13,19H,4-6,10-12H2,1-3H3. The molecule has 0 aliphatic carbocycles. The van der Waals surface area contributed by atoms with Gasteiger partial charge in [-0.2, -0.15) is 0 Å². The molecule has 4 heteroatoms. The van der Waals surface area contributed by atoms with Crippen LogP contribution in [0.2, 0.25) is 0 Å². The van der Waals surface area contributed by atoms with Crippen LogP contribution in [0.3, 0.4) is 0 Å². The molecule has 0 amide bonds. The van der Waals surface area contributed by atoms with E-state index in [1.54, 1.807) is 0 Å². The van der Waals surface area contributed by atoms with Gasteiger partial charge in [0.1, 0.15) is 5.75 Å². The number of aromatic amines is 1. The summed E-state index contributed by atoms with van der Waals surface area (Å²) in [5, 5.41) is 1.04. The molecule has 0 atom stereocenters. The zero-order chi connectivity index (χ0) is 15.9. The Morgan fingerprint density at radius 2 is 2.09 bits per heavy atom. The van der Waals surface area contributed by atoms with Crippen LogP contribution in [0, 0.1) is 0 Å². The summed E-state index contributed by atoms with van der Waals surface area (Å²) in [4.78, 5) is 17.4. The van der Waals surface area contributed by atoms with Crippen molar-refractivity contribution in [1.29, 1.82) is 0 Å². The number of nitrogens with one attached hydrogen (secondary N) is 1. The summed E-state index contributed by atoms with van der Waals surface area (Å²) in [6.07, 6.45) is 6.50. The Morgan fingerprint density at radius 3 is 2.82 bits per heavy atom. The average molecular weight is 302 g/mol. The Balaban J connectivity index is 2.14. The number of ether oxygens (including phenoxy) is 1. The topological polar surface area (TPSA) is 45.3 Å². The second kappa shape index (κ2) is 7.99. The van der Waals surface area contributed by atoms with E-state index in [-0.39, 0.29) is 5.97 Å². The van der Waals surface area contributed by atoms with Gasteiger partial charge in [0.05, 0.1) is 0 Å². The fraction of sp³-hybridized carbons (Fsp3) is 0.500. The molecule has 22 heavy (non-hydrogen) atoms.